The third-order valence-corrected chi connectivity index (χ3v) is 2.62. The first-order valence-electron chi connectivity index (χ1n) is 3.25. The fourth-order valence-electron chi connectivity index (χ4n) is 0.831. The van der Waals surface area contributed by atoms with Crippen LogP contribution in [0.15, 0.2) is 16.6 Å². The van der Waals surface area contributed by atoms with Crippen LogP contribution in [0.2, 0.25) is 5.02 Å². The molecule has 0 atom stereocenters. The first kappa shape index (κ1) is 9.55. The van der Waals surface area contributed by atoms with Gasteiger partial charge in [-0.3, -0.25) is 0 Å². The van der Waals surface area contributed by atoms with E-state index in [1.807, 2.05) is 0 Å². The SMILES string of the molecule is O=CCc1cc(Cl)c(Br)cc1O. The highest BCUT2D eigenvalue weighted by atomic mass is 79.9. The zero-order chi connectivity index (χ0) is 9.14. The van der Waals surface area contributed by atoms with Crippen LogP contribution in [0.4, 0.5) is 0 Å². The average Bonchev–Trinajstić information content (AvgIpc) is 2.01. The molecule has 0 aliphatic carbocycles. The number of rotatable bonds is 2. The maximum Gasteiger partial charge on any atom is 0.124 e. The van der Waals surface area contributed by atoms with E-state index in [-0.39, 0.29) is 12.2 Å². The van der Waals surface area contributed by atoms with Crippen molar-refractivity contribution in [3.05, 3.63) is 27.2 Å². The predicted octanol–water partition coefficient (Wildman–Crippen LogP) is 2.55. The molecule has 1 rings (SSSR count). The van der Waals surface area contributed by atoms with Crippen LogP contribution >= 0.6 is 27.5 Å². The van der Waals surface area contributed by atoms with Crippen molar-refractivity contribution < 1.29 is 9.90 Å². The van der Waals surface area contributed by atoms with Crippen LogP contribution in [0.1, 0.15) is 5.56 Å². The molecule has 0 spiro atoms. The molecule has 1 aromatic rings. The summed E-state index contributed by atoms with van der Waals surface area (Å²) in [6.45, 7) is 0. The van der Waals surface area contributed by atoms with Gasteiger partial charge in [-0.2, -0.15) is 0 Å². The third kappa shape index (κ3) is 1.99. The summed E-state index contributed by atoms with van der Waals surface area (Å²) in [5.74, 6) is 0.0818. The van der Waals surface area contributed by atoms with Gasteiger partial charge in [0.15, 0.2) is 0 Å². The number of hydrogen-bond donors (Lipinski definition) is 1. The zero-order valence-corrected chi connectivity index (χ0v) is 8.39. The van der Waals surface area contributed by atoms with Crippen molar-refractivity contribution in [1.29, 1.82) is 0 Å². The fourth-order valence-corrected chi connectivity index (χ4v) is 1.35. The molecule has 0 amide bonds. The Bertz CT molecular complexity index is 312. The molecule has 1 N–H and O–H groups in total. The van der Waals surface area contributed by atoms with Crippen LogP contribution in [0.25, 0.3) is 0 Å². The molecule has 0 aromatic heterocycles. The van der Waals surface area contributed by atoms with Crippen LogP contribution < -0.4 is 0 Å². The Hall–Kier alpha value is -0.540. The van der Waals surface area contributed by atoms with Gasteiger partial charge in [-0.15, -0.1) is 0 Å². The van der Waals surface area contributed by atoms with E-state index in [1.165, 1.54) is 6.07 Å². The summed E-state index contributed by atoms with van der Waals surface area (Å²) in [7, 11) is 0. The van der Waals surface area contributed by atoms with E-state index in [4.69, 9.17) is 11.6 Å². The van der Waals surface area contributed by atoms with Gasteiger partial charge in [0.25, 0.3) is 0 Å². The van der Waals surface area contributed by atoms with Gasteiger partial charge in [-0.25, -0.2) is 0 Å². The summed E-state index contributed by atoms with van der Waals surface area (Å²) in [5, 5.41) is 9.79. The Labute approximate surface area is 83.3 Å². The molecule has 0 aliphatic heterocycles. The van der Waals surface area contributed by atoms with Crippen molar-refractivity contribution in [2.75, 3.05) is 0 Å². The fraction of sp³-hybridized carbons (Fsp3) is 0.125. The second-order valence-corrected chi connectivity index (χ2v) is 3.53. The van der Waals surface area contributed by atoms with Crippen LogP contribution in [0, 0.1) is 0 Å². The maximum atomic E-state index is 10.2. The summed E-state index contributed by atoms with van der Waals surface area (Å²) in [6, 6.07) is 3.04. The van der Waals surface area contributed by atoms with Gasteiger partial charge in [0.1, 0.15) is 12.0 Å². The van der Waals surface area contributed by atoms with Gasteiger partial charge in [-0.1, -0.05) is 11.6 Å². The lowest BCUT2D eigenvalue weighted by atomic mass is 10.1. The second kappa shape index (κ2) is 3.92. The third-order valence-electron chi connectivity index (χ3n) is 1.42. The van der Waals surface area contributed by atoms with Crippen LogP contribution in [-0.4, -0.2) is 11.4 Å². The van der Waals surface area contributed by atoms with E-state index in [0.29, 0.717) is 15.1 Å². The van der Waals surface area contributed by atoms with Gasteiger partial charge in [0.2, 0.25) is 0 Å². The Morgan fingerprint density at radius 1 is 1.58 bits per heavy atom. The quantitative estimate of drug-likeness (QED) is 0.818. The molecule has 0 bridgehead atoms. The van der Waals surface area contributed by atoms with Crippen molar-refractivity contribution in [3.8, 4) is 5.75 Å². The zero-order valence-electron chi connectivity index (χ0n) is 6.05. The largest absolute Gasteiger partial charge is 0.508 e. The Balaban J connectivity index is 3.13. The highest BCUT2D eigenvalue weighted by Gasteiger charge is 2.04. The standard InChI is InChI=1S/C8H6BrClO2/c9-6-4-8(12)5(1-2-11)3-7(6)10/h2-4,12H,1H2. The van der Waals surface area contributed by atoms with Gasteiger partial charge in [0.05, 0.1) is 5.02 Å². The van der Waals surface area contributed by atoms with E-state index >= 15 is 0 Å². The smallest absolute Gasteiger partial charge is 0.124 e. The van der Waals surface area contributed by atoms with Crippen molar-refractivity contribution in [3.63, 3.8) is 0 Å². The monoisotopic (exact) mass is 248 g/mol. The summed E-state index contributed by atoms with van der Waals surface area (Å²) >= 11 is 8.90. The molecule has 64 valence electrons. The minimum atomic E-state index is 0.0818. The highest BCUT2D eigenvalue weighted by molar-refractivity contribution is 9.10. The summed E-state index contributed by atoms with van der Waals surface area (Å²) in [6.07, 6.45) is 0.901. The summed E-state index contributed by atoms with van der Waals surface area (Å²) in [5.41, 5.74) is 0.540. The number of phenolic OH excluding ortho intramolecular Hbond substituents is 1. The molecule has 12 heavy (non-hydrogen) atoms. The van der Waals surface area contributed by atoms with Crippen molar-refractivity contribution in [2.45, 2.75) is 6.42 Å². The minimum Gasteiger partial charge on any atom is -0.508 e. The second-order valence-electron chi connectivity index (χ2n) is 2.27. The van der Waals surface area contributed by atoms with Crippen LogP contribution in [0.5, 0.6) is 5.75 Å². The van der Waals surface area contributed by atoms with E-state index in [0.717, 1.165) is 6.29 Å². The van der Waals surface area contributed by atoms with Gasteiger partial charge in [0, 0.05) is 16.5 Å². The summed E-state index contributed by atoms with van der Waals surface area (Å²) < 4.78 is 0.622. The Morgan fingerprint density at radius 3 is 2.83 bits per heavy atom. The average molecular weight is 249 g/mol. The molecule has 0 fully saturated rings. The number of hydrogen-bond acceptors (Lipinski definition) is 2. The Kier molecular flexibility index (Phi) is 3.12. The lowest BCUT2D eigenvalue weighted by Crippen LogP contribution is -1.87. The molecule has 0 saturated carbocycles. The van der Waals surface area contributed by atoms with Gasteiger partial charge < -0.3 is 9.90 Å². The number of halogens is 2. The number of carbonyl (C=O) groups excluding carboxylic acids is 1. The molecule has 4 heteroatoms. The predicted molar refractivity (Wildman–Crippen MR) is 50.6 cm³/mol. The van der Waals surface area contributed by atoms with Crippen molar-refractivity contribution >= 4 is 33.8 Å². The first-order chi connectivity index (χ1) is 5.65. The molecule has 2 nitrogen and oxygen atoms in total. The number of aromatic hydroxyl groups is 1. The molecule has 0 saturated heterocycles. The molecule has 0 unspecified atom stereocenters. The first-order valence-corrected chi connectivity index (χ1v) is 4.42. The number of carbonyl (C=O) groups is 1. The molecular weight excluding hydrogens is 243 g/mol. The van der Waals surface area contributed by atoms with Crippen LogP contribution in [0.3, 0.4) is 0 Å². The normalized spacial score (nSPS) is 9.83. The van der Waals surface area contributed by atoms with Crippen LogP contribution in [-0.2, 0) is 11.2 Å². The van der Waals surface area contributed by atoms with Crippen molar-refractivity contribution in [1.82, 2.24) is 0 Å². The number of aldehydes is 1. The molecular formula is C8H6BrClO2. The van der Waals surface area contributed by atoms with E-state index in [2.05, 4.69) is 15.9 Å². The molecule has 0 aliphatic rings. The van der Waals surface area contributed by atoms with E-state index in [1.54, 1.807) is 6.07 Å². The lowest BCUT2D eigenvalue weighted by Gasteiger charge is -2.02. The van der Waals surface area contributed by atoms with E-state index < -0.39 is 0 Å². The molecule has 1 aromatic carbocycles. The summed E-state index contributed by atoms with van der Waals surface area (Å²) in [4.78, 5) is 10.2. The maximum absolute atomic E-state index is 10.2. The van der Waals surface area contributed by atoms with E-state index in [9.17, 15) is 9.90 Å². The van der Waals surface area contributed by atoms with Crippen molar-refractivity contribution in [2.24, 2.45) is 0 Å². The topological polar surface area (TPSA) is 37.3 Å². The lowest BCUT2D eigenvalue weighted by molar-refractivity contribution is -0.107. The minimum absolute atomic E-state index is 0.0818. The van der Waals surface area contributed by atoms with Gasteiger partial charge in [-0.05, 0) is 28.1 Å². The highest BCUT2D eigenvalue weighted by Crippen LogP contribution is 2.29. The Morgan fingerprint density at radius 2 is 2.25 bits per heavy atom. The number of benzene rings is 1. The van der Waals surface area contributed by atoms with Gasteiger partial charge >= 0.3 is 0 Å². The number of phenols is 1. The molecule has 0 radical (unpaired) electrons. The molecule has 0 heterocycles.